The Kier molecular flexibility index (Phi) is 4.81. The monoisotopic (exact) mass is 397 g/mol. The topological polar surface area (TPSA) is 71.7 Å². The first kappa shape index (κ1) is 19.0. The lowest BCUT2D eigenvalue weighted by atomic mass is 9.77. The van der Waals surface area contributed by atoms with Crippen LogP contribution in [0.1, 0.15) is 98.4 Å². The highest BCUT2D eigenvalue weighted by Crippen LogP contribution is 2.49. The van der Waals surface area contributed by atoms with E-state index >= 15 is 0 Å². The van der Waals surface area contributed by atoms with Gasteiger partial charge in [-0.25, -0.2) is 0 Å². The highest BCUT2D eigenvalue weighted by atomic mass is 16.5. The zero-order valence-corrected chi connectivity index (χ0v) is 17.3. The van der Waals surface area contributed by atoms with Crippen molar-refractivity contribution in [1.29, 1.82) is 0 Å². The summed E-state index contributed by atoms with van der Waals surface area (Å²) in [7, 11) is 0. The molecule has 1 spiro atoms. The number of benzene rings is 1. The molecule has 1 aromatic heterocycles. The van der Waals surface area contributed by atoms with Crippen LogP contribution in [-0.4, -0.2) is 22.7 Å². The number of aliphatic hydroxyl groups is 1. The standard InChI is InChI=1S/C24H31NO4/c1-15-20-18(28-22(15)23(27)25-16-8-4-2-5-9-16)10-11-19-21(20)17(26)14-24(29-19)12-6-3-7-13-24/h10-11,16-17,26H,2-9,12-14H2,1H3,(H,25,27)/t17-/m0/s1. The summed E-state index contributed by atoms with van der Waals surface area (Å²) in [5.74, 6) is 0.972. The van der Waals surface area contributed by atoms with E-state index in [1.807, 2.05) is 19.1 Å². The maximum Gasteiger partial charge on any atom is 0.287 e. The number of rotatable bonds is 2. The minimum atomic E-state index is -0.592. The molecule has 1 atom stereocenters. The second kappa shape index (κ2) is 7.35. The Balaban J connectivity index is 1.48. The molecule has 2 fully saturated rings. The molecular weight excluding hydrogens is 366 g/mol. The third-order valence-corrected chi connectivity index (χ3v) is 7.23. The molecule has 156 valence electrons. The summed E-state index contributed by atoms with van der Waals surface area (Å²) in [4.78, 5) is 12.9. The molecular formula is C24H31NO4. The summed E-state index contributed by atoms with van der Waals surface area (Å²) in [6.45, 7) is 1.92. The molecule has 1 aliphatic heterocycles. The van der Waals surface area contributed by atoms with Gasteiger partial charge in [0, 0.05) is 29.0 Å². The molecule has 2 saturated carbocycles. The van der Waals surface area contributed by atoms with Gasteiger partial charge in [-0.2, -0.15) is 0 Å². The van der Waals surface area contributed by atoms with E-state index in [0.717, 1.165) is 60.8 Å². The predicted octanol–water partition coefficient (Wildman–Crippen LogP) is 5.32. The minimum absolute atomic E-state index is 0.144. The SMILES string of the molecule is Cc1c(C(=O)NC2CCCCC2)oc2ccc3c(c12)[C@@H](O)CC1(CCCCC1)O3. The molecule has 2 N–H and O–H groups in total. The Hall–Kier alpha value is -2.01. The summed E-state index contributed by atoms with van der Waals surface area (Å²) in [6.07, 6.45) is 11.2. The smallest absolute Gasteiger partial charge is 0.287 e. The van der Waals surface area contributed by atoms with Gasteiger partial charge in [0.05, 0.1) is 6.10 Å². The van der Waals surface area contributed by atoms with Crippen LogP contribution in [0.15, 0.2) is 16.5 Å². The number of hydrogen-bond acceptors (Lipinski definition) is 4. The summed E-state index contributed by atoms with van der Waals surface area (Å²) < 4.78 is 12.5. The molecule has 0 unspecified atom stereocenters. The van der Waals surface area contributed by atoms with Crippen molar-refractivity contribution in [1.82, 2.24) is 5.32 Å². The lowest BCUT2D eigenvalue weighted by Gasteiger charge is -2.43. The van der Waals surface area contributed by atoms with Gasteiger partial charge in [-0.15, -0.1) is 0 Å². The van der Waals surface area contributed by atoms with Gasteiger partial charge < -0.3 is 19.6 Å². The molecule has 5 rings (SSSR count). The number of hydrogen-bond donors (Lipinski definition) is 2. The minimum Gasteiger partial charge on any atom is -0.487 e. The van der Waals surface area contributed by atoms with Crippen molar-refractivity contribution in [3.05, 3.63) is 29.0 Å². The lowest BCUT2D eigenvalue weighted by Crippen LogP contribution is -2.42. The zero-order valence-electron chi connectivity index (χ0n) is 17.3. The van der Waals surface area contributed by atoms with Crippen LogP contribution < -0.4 is 10.1 Å². The Morgan fingerprint density at radius 2 is 1.83 bits per heavy atom. The third kappa shape index (κ3) is 3.33. The van der Waals surface area contributed by atoms with Crippen molar-refractivity contribution in [2.45, 2.75) is 95.3 Å². The van der Waals surface area contributed by atoms with Gasteiger partial charge in [0.15, 0.2) is 5.76 Å². The van der Waals surface area contributed by atoms with Crippen LogP contribution in [0.5, 0.6) is 5.75 Å². The van der Waals surface area contributed by atoms with E-state index in [4.69, 9.17) is 9.15 Å². The van der Waals surface area contributed by atoms with Gasteiger partial charge in [-0.1, -0.05) is 25.7 Å². The van der Waals surface area contributed by atoms with Gasteiger partial charge >= 0.3 is 0 Å². The Labute approximate surface area is 171 Å². The average molecular weight is 398 g/mol. The second-order valence-electron chi connectivity index (χ2n) is 9.28. The average Bonchev–Trinajstić information content (AvgIpc) is 3.06. The number of carbonyl (C=O) groups is 1. The Morgan fingerprint density at radius 3 is 2.59 bits per heavy atom. The van der Waals surface area contributed by atoms with Crippen molar-refractivity contribution < 1.29 is 19.1 Å². The lowest BCUT2D eigenvalue weighted by molar-refractivity contribution is -0.0373. The number of aryl methyl sites for hydroxylation is 1. The van der Waals surface area contributed by atoms with Crippen LogP contribution in [0.2, 0.25) is 0 Å². The first-order chi connectivity index (χ1) is 14.1. The van der Waals surface area contributed by atoms with Crippen molar-refractivity contribution in [2.75, 3.05) is 0 Å². The Morgan fingerprint density at radius 1 is 1.10 bits per heavy atom. The molecule has 0 saturated heterocycles. The van der Waals surface area contributed by atoms with Crippen LogP contribution in [0.4, 0.5) is 0 Å². The zero-order chi connectivity index (χ0) is 20.0. The Bertz CT molecular complexity index is 919. The first-order valence-electron chi connectivity index (χ1n) is 11.3. The van der Waals surface area contributed by atoms with Crippen LogP contribution in [0.25, 0.3) is 11.0 Å². The van der Waals surface area contributed by atoms with Crippen LogP contribution >= 0.6 is 0 Å². The van der Waals surface area contributed by atoms with E-state index in [2.05, 4.69) is 5.32 Å². The maximum absolute atomic E-state index is 12.9. The highest BCUT2D eigenvalue weighted by molar-refractivity contribution is 6.00. The van der Waals surface area contributed by atoms with Crippen LogP contribution in [0, 0.1) is 6.92 Å². The summed E-state index contributed by atoms with van der Waals surface area (Å²) in [5.41, 5.74) is 2.00. The molecule has 2 heterocycles. The maximum atomic E-state index is 12.9. The predicted molar refractivity (Wildman–Crippen MR) is 111 cm³/mol. The quantitative estimate of drug-likeness (QED) is 0.719. The number of amides is 1. The fourth-order valence-electron chi connectivity index (χ4n) is 5.72. The first-order valence-corrected chi connectivity index (χ1v) is 11.3. The van der Waals surface area contributed by atoms with Crippen molar-refractivity contribution in [2.24, 2.45) is 0 Å². The van der Waals surface area contributed by atoms with E-state index in [1.165, 1.54) is 25.7 Å². The number of fused-ring (bicyclic) bond motifs is 3. The molecule has 1 aromatic carbocycles. The number of nitrogens with one attached hydrogen (secondary N) is 1. The number of carbonyl (C=O) groups excluding carboxylic acids is 1. The molecule has 0 bridgehead atoms. The number of ether oxygens (including phenoxy) is 1. The van der Waals surface area contributed by atoms with E-state index < -0.39 is 6.10 Å². The van der Waals surface area contributed by atoms with Crippen LogP contribution in [-0.2, 0) is 0 Å². The molecule has 0 radical (unpaired) electrons. The van der Waals surface area contributed by atoms with E-state index in [1.54, 1.807) is 0 Å². The highest BCUT2D eigenvalue weighted by Gasteiger charge is 2.42. The van der Waals surface area contributed by atoms with Crippen LogP contribution in [0.3, 0.4) is 0 Å². The van der Waals surface area contributed by atoms with E-state index in [-0.39, 0.29) is 17.6 Å². The summed E-state index contributed by atoms with van der Waals surface area (Å²) >= 11 is 0. The summed E-state index contributed by atoms with van der Waals surface area (Å²) in [6, 6.07) is 4.02. The molecule has 2 aromatic rings. The van der Waals surface area contributed by atoms with E-state index in [0.29, 0.717) is 17.8 Å². The number of aliphatic hydroxyl groups excluding tert-OH is 1. The molecule has 1 amide bonds. The summed E-state index contributed by atoms with van der Waals surface area (Å²) in [5, 5.41) is 15.1. The second-order valence-corrected chi connectivity index (χ2v) is 9.28. The molecule has 3 aliphatic rings. The fourth-order valence-corrected chi connectivity index (χ4v) is 5.72. The van der Waals surface area contributed by atoms with Gasteiger partial charge in [0.25, 0.3) is 5.91 Å². The van der Waals surface area contributed by atoms with Gasteiger partial charge in [-0.05, 0) is 57.6 Å². The largest absolute Gasteiger partial charge is 0.487 e. The fraction of sp³-hybridized carbons (Fsp3) is 0.625. The van der Waals surface area contributed by atoms with Crippen molar-refractivity contribution >= 4 is 16.9 Å². The molecule has 5 nitrogen and oxygen atoms in total. The molecule has 29 heavy (non-hydrogen) atoms. The number of furan rings is 1. The van der Waals surface area contributed by atoms with Gasteiger partial charge in [-0.3, -0.25) is 4.79 Å². The van der Waals surface area contributed by atoms with Crippen molar-refractivity contribution in [3.8, 4) is 5.75 Å². The van der Waals surface area contributed by atoms with E-state index in [9.17, 15) is 9.90 Å². The van der Waals surface area contributed by atoms with Crippen molar-refractivity contribution in [3.63, 3.8) is 0 Å². The third-order valence-electron chi connectivity index (χ3n) is 7.23. The van der Waals surface area contributed by atoms with Gasteiger partial charge in [0.1, 0.15) is 16.9 Å². The molecule has 2 aliphatic carbocycles. The normalized spacial score (nSPS) is 24.3. The molecule has 5 heteroatoms. The van der Waals surface area contributed by atoms with Gasteiger partial charge in [0.2, 0.25) is 0 Å².